The van der Waals surface area contributed by atoms with Crippen LogP contribution in [0.3, 0.4) is 0 Å². The fraction of sp³-hybridized carbons (Fsp3) is 0.421. The Kier molecular flexibility index (Phi) is 5.86. The molecule has 3 rings (SSSR count). The number of aliphatic imine (C=N–C) groups is 1. The highest BCUT2D eigenvalue weighted by atomic mass is 32.2. The van der Waals surface area contributed by atoms with Gasteiger partial charge in [0, 0.05) is 45.6 Å². The lowest BCUT2D eigenvalue weighted by Crippen LogP contribution is -2.38. The first-order valence-electron chi connectivity index (χ1n) is 9.02. The highest BCUT2D eigenvalue weighted by molar-refractivity contribution is 7.89. The summed E-state index contributed by atoms with van der Waals surface area (Å²) in [5.74, 6) is 0.781. The molecule has 0 unspecified atom stereocenters. The highest BCUT2D eigenvalue weighted by Crippen LogP contribution is 2.22. The maximum atomic E-state index is 12.2. The van der Waals surface area contributed by atoms with Gasteiger partial charge in [-0.05, 0) is 42.7 Å². The molecule has 1 aromatic heterocycles. The summed E-state index contributed by atoms with van der Waals surface area (Å²) in [6.07, 6.45) is 3.88. The molecule has 1 heterocycles. The van der Waals surface area contributed by atoms with Crippen LogP contribution in [0.2, 0.25) is 0 Å². The van der Waals surface area contributed by atoms with E-state index in [1.807, 2.05) is 43.4 Å². The predicted octanol–water partition coefficient (Wildman–Crippen LogP) is 1.67. The van der Waals surface area contributed by atoms with E-state index in [9.17, 15) is 8.42 Å². The molecule has 146 valence electrons. The Labute approximate surface area is 161 Å². The predicted molar refractivity (Wildman–Crippen MR) is 107 cm³/mol. The van der Waals surface area contributed by atoms with Crippen molar-refractivity contribution in [2.45, 2.75) is 36.9 Å². The van der Waals surface area contributed by atoms with E-state index in [0.29, 0.717) is 11.4 Å². The Hall–Kier alpha value is -2.32. The molecule has 2 aromatic rings. The number of aromatic nitrogens is 1. The molecule has 1 aliphatic carbocycles. The van der Waals surface area contributed by atoms with E-state index in [2.05, 4.69) is 25.7 Å². The summed E-state index contributed by atoms with van der Waals surface area (Å²) < 4.78 is 29.2. The van der Waals surface area contributed by atoms with Gasteiger partial charge in [-0.15, -0.1) is 0 Å². The number of hydrogen-bond acceptors (Lipinski definition) is 3. The topological polar surface area (TPSA) is 78.7 Å². The Morgan fingerprint density at radius 3 is 2.52 bits per heavy atom. The molecular weight excluding hydrogens is 362 g/mol. The van der Waals surface area contributed by atoms with Crippen molar-refractivity contribution in [2.75, 3.05) is 14.1 Å². The van der Waals surface area contributed by atoms with Crippen LogP contribution in [0.4, 0.5) is 0 Å². The molecule has 0 saturated heterocycles. The lowest BCUT2D eigenvalue weighted by molar-refractivity contribution is 0.461. The van der Waals surface area contributed by atoms with Crippen LogP contribution in [-0.2, 0) is 30.2 Å². The second-order valence-electron chi connectivity index (χ2n) is 6.91. The summed E-state index contributed by atoms with van der Waals surface area (Å²) in [5, 5.41) is 3.32. The van der Waals surface area contributed by atoms with Gasteiger partial charge in [-0.2, -0.15) is 0 Å². The van der Waals surface area contributed by atoms with Crippen molar-refractivity contribution >= 4 is 16.0 Å². The number of benzene rings is 1. The van der Waals surface area contributed by atoms with Crippen LogP contribution in [0, 0.1) is 0 Å². The maximum Gasteiger partial charge on any atom is 0.240 e. The average molecular weight is 390 g/mol. The van der Waals surface area contributed by atoms with Gasteiger partial charge in [0.15, 0.2) is 5.96 Å². The molecule has 8 heteroatoms. The van der Waals surface area contributed by atoms with Crippen LogP contribution >= 0.6 is 0 Å². The van der Waals surface area contributed by atoms with Gasteiger partial charge >= 0.3 is 0 Å². The Morgan fingerprint density at radius 2 is 1.96 bits per heavy atom. The molecule has 0 atom stereocenters. The van der Waals surface area contributed by atoms with Gasteiger partial charge in [-0.1, -0.05) is 12.1 Å². The Morgan fingerprint density at radius 1 is 1.26 bits per heavy atom. The van der Waals surface area contributed by atoms with Crippen LogP contribution in [0.5, 0.6) is 0 Å². The van der Waals surface area contributed by atoms with E-state index in [1.54, 1.807) is 19.2 Å². The van der Waals surface area contributed by atoms with E-state index in [4.69, 9.17) is 0 Å². The van der Waals surface area contributed by atoms with E-state index in [-0.39, 0.29) is 6.04 Å². The fourth-order valence-electron chi connectivity index (χ4n) is 2.82. The summed E-state index contributed by atoms with van der Waals surface area (Å²) in [5.41, 5.74) is 2.19. The first-order chi connectivity index (χ1) is 12.9. The van der Waals surface area contributed by atoms with Gasteiger partial charge in [0.1, 0.15) is 0 Å². The van der Waals surface area contributed by atoms with E-state index >= 15 is 0 Å². The highest BCUT2D eigenvalue weighted by Gasteiger charge is 2.27. The van der Waals surface area contributed by atoms with Gasteiger partial charge < -0.3 is 14.8 Å². The zero-order valence-electron chi connectivity index (χ0n) is 16.0. The van der Waals surface area contributed by atoms with Gasteiger partial charge in [0.05, 0.1) is 11.4 Å². The molecule has 1 aliphatic rings. The largest absolute Gasteiger partial charge is 0.353 e. The number of hydrogen-bond donors (Lipinski definition) is 2. The molecule has 2 N–H and O–H groups in total. The van der Waals surface area contributed by atoms with E-state index in [1.165, 1.54) is 5.69 Å². The Bertz CT molecular complexity index is 898. The number of guanidine groups is 1. The zero-order chi connectivity index (χ0) is 19.4. The standard InChI is InChI=1S/C19H27N5O2S/c1-20-19(24(3)14-17-5-4-12-23(17)2)21-13-15-6-10-18(11-7-15)27(25,26)22-16-8-9-16/h4-7,10-12,16,22H,8-9,13-14H2,1-3H3,(H,20,21). The minimum absolute atomic E-state index is 0.111. The SMILES string of the molecule is CN=C(NCc1ccc(S(=O)(=O)NC2CC2)cc1)N(C)Cc1cccn1C. The second-order valence-corrected chi connectivity index (χ2v) is 8.62. The van der Waals surface area contributed by atoms with Crippen molar-refractivity contribution in [1.82, 2.24) is 19.5 Å². The van der Waals surface area contributed by atoms with Crippen molar-refractivity contribution in [3.63, 3.8) is 0 Å². The normalized spacial score (nSPS) is 15.0. The van der Waals surface area contributed by atoms with Crippen LogP contribution in [0.25, 0.3) is 0 Å². The van der Waals surface area contributed by atoms with E-state index in [0.717, 1.165) is 30.9 Å². The monoisotopic (exact) mass is 389 g/mol. The molecule has 7 nitrogen and oxygen atoms in total. The Balaban J connectivity index is 1.57. The van der Waals surface area contributed by atoms with Crippen molar-refractivity contribution in [3.8, 4) is 0 Å². The molecule has 0 bridgehead atoms. The third-order valence-electron chi connectivity index (χ3n) is 4.61. The number of nitrogens with one attached hydrogen (secondary N) is 2. The number of sulfonamides is 1. The van der Waals surface area contributed by atoms with Gasteiger partial charge in [-0.25, -0.2) is 13.1 Å². The molecule has 1 fully saturated rings. The van der Waals surface area contributed by atoms with Crippen LogP contribution in [-0.4, -0.2) is 44.0 Å². The minimum atomic E-state index is -3.40. The lowest BCUT2D eigenvalue weighted by Gasteiger charge is -2.22. The molecule has 0 aliphatic heterocycles. The second kappa shape index (κ2) is 8.14. The molecule has 27 heavy (non-hydrogen) atoms. The summed E-state index contributed by atoms with van der Waals surface area (Å²) in [4.78, 5) is 6.68. The number of rotatable bonds is 7. The third-order valence-corrected chi connectivity index (χ3v) is 6.14. The van der Waals surface area contributed by atoms with Crippen molar-refractivity contribution in [1.29, 1.82) is 0 Å². The maximum absolute atomic E-state index is 12.2. The quantitative estimate of drug-likeness (QED) is 0.558. The van der Waals surface area contributed by atoms with E-state index < -0.39 is 10.0 Å². The van der Waals surface area contributed by atoms with Crippen LogP contribution in [0.15, 0.2) is 52.5 Å². The summed E-state index contributed by atoms with van der Waals surface area (Å²) >= 11 is 0. The van der Waals surface area contributed by atoms with Crippen LogP contribution < -0.4 is 10.0 Å². The molecule has 0 amide bonds. The number of aryl methyl sites for hydroxylation is 1. The molecule has 0 spiro atoms. The van der Waals surface area contributed by atoms with Crippen molar-refractivity contribution in [2.24, 2.45) is 12.0 Å². The minimum Gasteiger partial charge on any atom is -0.353 e. The molecule has 1 saturated carbocycles. The fourth-order valence-corrected chi connectivity index (χ4v) is 4.12. The first-order valence-corrected chi connectivity index (χ1v) is 10.5. The first kappa shape index (κ1) is 19.4. The smallest absolute Gasteiger partial charge is 0.240 e. The van der Waals surface area contributed by atoms with Crippen LogP contribution in [0.1, 0.15) is 24.1 Å². The van der Waals surface area contributed by atoms with Crippen molar-refractivity contribution < 1.29 is 8.42 Å². The molecule has 1 aromatic carbocycles. The average Bonchev–Trinajstić information content (AvgIpc) is 3.36. The molecule has 0 radical (unpaired) electrons. The zero-order valence-corrected chi connectivity index (χ0v) is 16.8. The summed E-state index contributed by atoms with van der Waals surface area (Å²) in [7, 11) is 2.36. The summed E-state index contributed by atoms with van der Waals surface area (Å²) in [6.45, 7) is 1.31. The molecular formula is C19H27N5O2S. The number of nitrogens with zero attached hydrogens (tertiary/aromatic N) is 3. The lowest BCUT2D eigenvalue weighted by atomic mass is 10.2. The van der Waals surface area contributed by atoms with Gasteiger partial charge in [0.2, 0.25) is 10.0 Å². The third kappa shape index (κ3) is 5.11. The van der Waals surface area contributed by atoms with Gasteiger partial charge in [0.25, 0.3) is 0 Å². The van der Waals surface area contributed by atoms with Crippen molar-refractivity contribution in [3.05, 3.63) is 53.9 Å². The van der Waals surface area contributed by atoms with Gasteiger partial charge in [-0.3, -0.25) is 4.99 Å². The summed E-state index contributed by atoms with van der Waals surface area (Å²) in [6, 6.07) is 11.2.